The van der Waals surface area contributed by atoms with E-state index in [0.29, 0.717) is 6.54 Å². The highest BCUT2D eigenvalue weighted by Gasteiger charge is 2.00. The lowest BCUT2D eigenvalue weighted by molar-refractivity contribution is 1.06. The molecule has 0 atom stereocenters. The number of nitrogens with two attached hydrogens (primary N) is 1. The lowest BCUT2D eigenvalue weighted by Gasteiger charge is -2.05. The van der Waals surface area contributed by atoms with Crippen LogP contribution in [-0.2, 0) is 15.4 Å². The van der Waals surface area contributed by atoms with Crippen LogP contribution in [0.1, 0.15) is 16.7 Å². The maximum atomic E-state index is 5.56. The molecule has 2 N–H and O–H groups in total. The Labute approximate surface area is 100 Å². The van der Waals surface area contributed by atoms with E-state index in [9.17, 15) is 0 Å². The fourth-order valence-corrected chi connectivity index (χ4v) is 2.52. The molecule has 0 saturated carbocycles. The van der Waals surface area contributed by atoms with Gasteiger partial charge in [0.2, 0.25) is 0 Å². The van der Waals surface area contributed by atoms with E-state index in [1.165, 1.54) is 16.7 Å². The lowest BCUT2D eigenvalue weighted by Crippen LogP contribution is -1.98. The Kier molecular flexibility index (Phi) is 4.81. The van der Waals surface area contributed by atoms with Gasteiger partial charge in [-0.2, -0.15) is 0 Å². The van der Waals surface area contributed by atoms with Gasteiger partial charge in [0, 0.05) is 15.4 Å². The summed E-state index contributed by atoms with van der Waals surface area (Å²) >= 11 is 4.78. The Morgan fingerprint density at radius 1 is 1.08 bits per heavy atom. The van der Waals surface area contributed by atoms with Crippen LogP contribution < -0.4 is 5.73 Å². The first-order valence-electron chi connectivity index (χ1n) is 3.74. The molecule has 3 heteroatoms. The summed E-state index contributed by atoms with van der Waals surface area (Å²) in [4.78, 5) is 0. The van der Waals surface area contributed by atoms with E-state index in [0.717, 1.165) is 8.86 Å². The Hall–Kier alpha value is 0.640. The summed E-state index contributed by atoms with van der Waals surface area (Å²) in [7, 11) is 0. The van der Waals surface area contributed by atoms with Crippen LogP contribution in [0.3, 0.4) is 0 Å². The van der Waals surface area contributed by atoms with Crippen molar-refractivity contribution in [3.63, 3.8) is 0 Å². The van der Waals surface area contributed by atoms with Crippen LogP contribution in [0.25, 0.3) is 0 Å². The first-order chi connectivity index (χ1) is 5.81. The smallest absolute Gasteiger partial charge is 0.0250 e. The van der Waals surface area contributed by atoms with Gasteiger partial charge in [0.1, 0.15) is 0 Å². The van der Waals surface area contributed by atoms with Crippen molar-refractivity contribution in [2.75, 3.05) is 0 Å². The first kappa shape index (κ1) is 10.7. The standard InChI is InChI=1S/C9H11I2N/c10-4-8-2-1-7(6-12)3-9(8)5-11/h1-3H,4-6,12H2. The SMILES string of the molecule is NCc1ccc(CI)c(CI)c1. The average molecular weight is 387 g/mol. The van der Waals surface area contributed by atoms with Crippen LogP contribution in [0.5, 0.6) is 0 Å². The van der Waals surface area contributed by atoms with Crippen molar-refractivity contribution in [2.24, 2.45) is 5.73 Å². The van der Waals surface area contributed by atoms with Crippen molar-refractivity contribution in [1.82, 2.24) is 0 Å². The topological polar surface area (TPSA) is 26.0 Å². The molecule has 12 heavy (non-hydrogen) atoms. The first-order valence-corrected chi connectivity index (χ1v) is 6.79. The quantitative estimate of drug-likeness (QED) is 0.627. The Morgan fingerprint density at radius 2 is 1.75 bits per heavy atom. The van der Waals surface area contributed by atoms with Gasteiger partial charge in [-0.3, -0.25) is 0 Å². The Bertz CT molecular complexity index is 261. The zero-order chi connectivity index (χ0) is 8.97. The molecule has 0 aliphatic rings. The summed E-state index contributed by atoms with van der Waals surface area (Å²) in [5.74, 6) is 0. The van der Waals surface area contributed by atoms with E-state index in [4.69, 9.17) is 5.73 Å². The van der Waals surface area contributed by atoms with Crippen LogP contribution in [0.2, 0.25) is 0 Å². The molecule has 1 rings (SSSR count). The Balaban J connectivity index is 3.02. The van der Waals surface area contributed by atoms with Gasteiger partial charge >= 0.3 is 0 Å². The van der Waals surface area contributed by atoms with E-state index in [-0.39, 0.29) is 0 Å². The summed E-state index contributed by atoms with van der Waals surface area (Å²) < 4.78 is 2.16. The zero-order valence-electron chi connectivity index (χ0n) is 6.69. The van der Waals surface area contributed by atoms with Crippen molar-refractivity contribution in [1.29, 1.82) is 0 Å². The van der Waals surface area contributed by atoms with Crippen molar-refractivity contribution >= 4 is 45.2 Å². The average Bonchev–Trinajstić information content (AvgIpc) is 2.16. The van der Waals surface area contributed by atoms with Gasteiger partial charge < -0.3 is 5.73 Å². The number of rotatable bonds is 3. The van der Waals surface area contributed by atoms with Gasteiger partial charge in [-0.25, -0.2) is 0 Å². The van der Waals surface area contributed by atoms with Gasteiger partial charge in [0.15, 0.2) is 0 Å². The molecular formula is C9H11I2N. The normalized spacial score (nSPS) is 10.2. The fraction of sp³-hybridized carbons (Fsp3) is 0.333. The van der Waals surface area contributed by atoms with Crippen molar-refractivity contribution in [3.05, 3.63) is 34.9 Å². The van der Waals surface area contributed by atoms with E-state index in [1.807, 2.05) is 0 Å². The van der Waals surface area contributed by atoms with Crippen LogP contribution in [0.4, 0.5) is 0 Å². The highest BCUT2D eigenvalue weighted by atomic mass is 127. The molecule has 1 aromatic rings. The van der Waals surface area contributed by atoms with Crippen LogP contribution in [0.15, 0.2) is 18.2 Å². The third-order valence-electron chi connectivity index (χ3n) is 1.79. The highest BCUT2D eigenvalue weighted by Crippen LogP contribution is 2.18. The van der Waals surface area contributed by atoms with E-state index < -0.39 is 0 Å². The van der Waals surface area contributed by atoms with E-state index in [2.05, 4.69) is 63.4 Å². The van der Waals surface area contributed by atoms with Gasteiger partial charge in [0.05, 0.1) is 0 Å². The maximum absolute atomic E-state index is 5.56. The van der Waals surface area contributed by atoms with Crippen LogP contribution in [0, 0.1) is 0 Å². The molecule has 0 heterocycles. The van der Waals surface area contributed by atoms with Crippen LogP contribution >= 0.6 is 45.2 Å². The van der Waals surface area contributed by atoms with Crippen molar-refractivity contribution < 1.29 is 0 Å². The summed E-state index contributed by atoms with van der Waals surface area (Å²) in [5.41, 5.74) is 9.65. The predicted octanol–water partition coefficient (Wildman–Crippen LogP) is 3.02. The van der Waals surface area contributed by atoms with Gasteiger partial charge in [-0.1, -0.05) is 63.4 Å². The minimum absolute atomic E-state index is 0.644. The Morgan fingerprint density at radius 3 is 2.25 bits per heavy atom. The molecule has 0 radical (unpaired) electrons. The molecule has 0 aliphatic carbocycles. The molecule has 0 aromatic heterocycles. The number of hydrogen-bond acceptors (Lipinski definition) is 1. The third-order valence-corrected chi connectivity index (χ3v) is 3.44. The van der Waals surface area contributed by atoms with Crippen molar-refractivity contribution in [2.45, 2.75) is 15.4 Å². The molecule has 1 aromatic carbocycles. The molecule has 1 nitrogen and oxygen atoms in total. The third kappa shape index (κ3) is 2.56. The largest absolute Gasteiger partial charge is 0.326 e. The summed E-state index contributed by atoms with van der Waals surface area (Å²) in [6.45, 7) is 0.644. The molecule has 0 fully saturated rings. The fourth-order valence-electron chi connectivity index (χ4n) is 1.06. The van der Waals surface area contributed by atoms with Crippen molar-refractivity contribution in [3.8, 4) is 0 Å². The molecule has 0 saturated heterocycles. The zero-order valence-corrected chi connectivity index (χ0v) is 11.0. The summed E-state index contributed by atoms with van der Waals surface area (Å²) in [5, 5.41) is 0. The highest BCUT2D eigenvalue weighted by molar-refractivity contribution is 14.1. The molecule has 0 amide bonds. The molecule has 0 spiro atoms. The second-order valence-electron chi connectivity index (χ2n) is 2.57. The summed E-state index contributed by atoms with van der Waals surface area (Å²) in [6, 6.07) is 6.51. The van der Waals surface area contributed by atoms with E-state index in [1.54, 1.807) is 0 Å². The molecule has 0 aliphatic heterocycles. The lowest BCUT2D eigenvalue weighted by atomic mass is 10.1. The molecule has 0 bridgehead atoms. The number of halogens is 2. The number of hydrogen-bond donors (Lipinski definition) is 1. The molecular weight excluding hydrogens is 376 g/mol. The van der Waals surface area contributed by atoms with Gasteiger partial charge in [-0.15, -0.1) is 0 Å². The monoisotopic (exact) mass is 387 g/mol. The van der Waals surface area contributed by atoms with E-state index >= 15 is 0 Å². The maximum Gasteiger partial charge on any atom is 0.0250 e. The van der Waals surface area contributed by atoms with Gasteiger partial charge in [0.25, 0.3) is 0 Å². The molecule has 0 unspecified atom stereocenters. The van der Waals surface area contributed by atoms with Gasteiger partial charge in [-0.05, 0) is 16.7 Å². The molecule has 66 valence electrons. The van der Waals surface area contributed by atoms with Crippen LogP contribution in [-0.4, -0.2) is 0 Å². The number of alkyl halides is 2. The minimum Gasteiger partial charge on any atom is -0.326 e. The second kappa shape index (κ2) is 5.39. The number of benzene rings is 1. The second-order valence-corrected chi connectivity index (χ2v) is 4.10. The minimum atomic E-state index is 0.644. The summed E-state index contributed by atoms with van der Waals surface area (Å²) in [6.07, 6.45) is 0. The predicted molar refractivity (Wildman–Crippen MR) is 69.8 cm³/mol.